The molecular formula is C14H15NO6S. The first kappa shape index (κ1) is 17.7. The Kier molecular flexibility index (Phi) is 6.58. The molecule has 0 aromatic heterocycles. The first-order valence-electron chi connectivity index (χ1n) is 6.27. The number of hydrogen-bond acceptors (Lipinski definition) is 6. The monoisotopic (exact) mass is 325 g/mol. The number of para-hydroxylation sites is 1. The van der Waals surface area contributed by atoms with Gasteiger partial charge in [0.15, 0.2) is 0 Å². The van der Waals surface area contributed by atoms with E-state index in [9.17, 15) is 19.2 Å². The first-order chi connectivity index (χ1) is 10.3. The van der Waals surface area contributed by atoms with Gasteiger partial charge in [-0.25, -0.2) is 0 Å². The molecule has 0 bridgehead atoms. The molecule has 1 rings (SSSR count). The van der Waals surface area contributed by atoms with Crippen LogP contribution in [0.3, 0.4) is 0 Å². The Bertz CT molecular complexity index is 585. The number of carboxylic acids is 1. The lowest BCUT2D eigenvalue weighted by molar-refractivity contribution is -0.137. The lowest BCUT2D eigenvalue weighted by atomic mass is 10.2. The van der Waals surface area contributed by atoms with Crippen LogP contribution in [-0.4, -0.2) is 33.4 Å². The normalized spacial score (nSPS) is 11.4. The van der Waals surface area contributed by atoms with Gasteiger partial charge in [0.05, 0.1) is 17.4 Å². The molecule has 2 N–H and O–H groups in total. The van der Waals surface area contributed by atoms with Gasteiger partial charge in [0, 0.05) is 13.8 Å². The van der Waals surface area contributed by atoms with E-state index in [1.807, 2.05) is 0 Å². The summed E-state index contributed by atoms with van der Waals surface area (Å²) in [6.45, 7) is 2.44. The van der Waals surface area contributed by atoms with Crippen LogP contribution in [-0.2, 0) is 14.4 Å². The fourth-order valence-electron chi connectivity index (χ4n) is 1.58. The van der Waals surface area contributed by atoms with Crippen LogP contribution in [0.25, 0.3) is 0 Å². The van der Waals surface area contributed by atoms with Crippen LogP contribution in [0, 0.1) is 0 Å². The predicted octanol–water partition coefficient (Wildman–Crippen LogP) is 1.42. The van der Waals surface area contributed by atoms with Gasteiger partial charge < -0.3 is 15.2 Å². The second-order valence-electron chi connectivity index (χ2n) is 4.28. The van der Waals surface area contributed by atoms with E-state index >= 15 is 0 Å². The maximum atomic E-state index is 12.2. The lowest BCUT2D eigenvalue weighted by Gasteiger charge is -2.15. The molecule has 0 saturated heterocycles. The van der Waals surface area contributed by atoms with Crippen molar-refractivity contribution in [3.05, 3.63) is 29.8 Å². The molecule has 0 spiro atoms. The third kappa shape index (κ3) is 5.96. The van der Waals surface area contributed by atoms with Gasteiger partial charge in [-0.15, -0.1) is 0 Å². The quantitative estimate of drug-likeness (QED) is 0.462. The summed E-state index contributed by atoms with van der Waals surface area (Å²) in [4.78, 5) is 45.1. The van der Waals surface area contributed by atoms with Crippen molar-refractivity contribution in [1.82, 2.24) is 5.32 Å². The van der Waals surface area contributed by atoms with Crippen LogP contribution in [0.2, 0.25) is 0 Å². The Labute approximate surface area is 131 Å². The van der Waals surface area contributed by atoms with E-state index in [-0.39, 0.29) is 11.3 Å². The van der Waals surface area contributed by atoms with Gasteiger partial charge in [-0.2, -0.15) is 0 Å². The smallest absolute Gasteiger partial charge is 0.308 e. The number of ether oxygens (including phenoxy) is 1. The fraction of sp³-hybridized carbons (Fsp3) is 0.286. The number of carboxylic acid groups (broad SMARTS) is 1. The van der Waals surface area contributed by atoms with Gasteiger partial charge in [-0.05, 0) is 12.1 Å². The van der Waals surface area contributed by atoms with Crippen LogP contribution in [0.5, 0.6) is 5.75 Å². The average molecular weight is 325 g/mol. The van der Waals surface area contributed by atoms with Gasteiger partial charge >= 0.3 is 11.9 Å². The van der Waals surface area contributed by atoms with Gasteiger partial charge in [0.1, 0.15) is 5.75 Å². The summed E-state index contributed by atoms with van der Waals surface area (Å²) >= 11 is 0.653. The van der Waals surface area contributed by atoms with Crippen LogP contribution >= 0.6 is 11.8 Å². The molecule has 1 amide bonds. The van der Waals surface area contributed by atoms with Crippen LogP contribution in [0.15, 0.2) is 24.3 Å². The van der Waals surface area contributed by atoms with E-state index < -0.39 is 34.8 Å². The number of esters is 1. The number of nitrogens with one attached hydrogen (secondary N) is 1. The number of carbonyl (C=O) groups excluding carboxylic acids is 3. The molecule has 0 radical (unpaired) electrons. The van der Waals surface area contributed by atoms with E-state index in [4.69, 9.17) is 9.84 Å². The highest BCUT2D eigenvalue weighted by Gasteiger charge is 2.22. The summed E-state index contributed by atoms with van der Waals surface area (Å²) in [6.07, 6.45) is -0.411. The number of hydrogen-bond donors (Lipinski definition) is 2. The molecular weight excluding hydrogens is 310 g/mol. The van der Waals surface area contributed by atoms with Crippen LogP contribution in [0.1, 0.15) is 30.6 Å². The zero-order chi connectivity index (χ0) is 16.7. The van der Waals surface area contributed by atoms with Crippen LogP contribution in [0.4, 0.5) is 0 Å². The zero-order valence-corrected chi connectivity index (χ0v) is 12.8. The summed E-state index contributed by atoms with van der Waals surface area (Å²) in [5.74, 6) is -2.08. The summed E-state index contributed by atoms with van der Waals surface area (Å²) in [5, 5.41) is 9.78. The van der Waals surface area contributed by atoms with E-state index in [0.717, 1.165) is 0 Å². The summed E-state index contributed by atoms with van der Waals surface area (Å²) < 4.78 is 4.93. The third-order valence-corrected chi connectivity index (χ3v) is 3.34. The first-order valence-corrected chi connectivity index (χ1v) is 7.15. The zero-order valence-electron chi connectivity index (χ0n) is 12.0. The second kappa shape index (κ2) is 8.18. The van der Waals surface area contributed by atoms with E-state index in [1.165, 1.54) is 26.0 Å². The molecule has 1 aromatic rings. The van der Waals surface area contributed by atoms with Gasteiger partial charge in [-0.3, -0.25) is 19.2 Å². The number of thioether (sulfide) groups is 1. The van der Waals surface area contributed by atoms with Crippen molar-refractivity contribution in [1.29, 1.82) is 0 Å². The molecule has 0 aliphatic carbocycles. The average Bonchev–Trinajstić information content (AvgIpc) is 2.36. The van der Waals surface area contributed by atoms with Crippen LogP contribution < -0.4 is 10.1 Å². The predicted molar refractivity (Wildman–Crippen MR) is 79.5 cm³/mol. The molecule has 0 unspecified atom stereocenters. The van der Waals surface area contributed by atoms with E-state index in [1.54, 1.807) is 12.1 Å². The second-order valence-corrected chi connectivity index (χ2v) is 5.46. The molecule has 0 saturated carbocycles. The van der Waals surface area contributed by atoms with Gasteiger partial charge in [0.25, 0.3) is 0 Å². The highest BCUT2D eigenvalue weighted by Crippen LogP contribution is 2.26. The minimum atomic E-state index is -1.15. The standard InChI is InChI=1S/C14H15NO6S/c1-8(16)15-12(7-13(18)19)22-14(20)10-5-3-4-6-11(10)21-9(2)17/h3-6,12H,7H2,1-2H3,(H,15,16)(H,18,19)/t12-/m0/s1. The largest absolute Gasteiger partial charge is 0.481 e. The maximum absolute atomic E-state index is 12.2. The minimum absolute atomic E-state index is 0.0874. The van der Waals surface area contributed by atoms with Crippen molar-refractivity contribution in [2.75, 3.05) is 0 Å². The number of benzene rings is 1. The van der Waals surface area contributed by atoms with E-state index in [2.05, 4.69) is 5.32 Å². The Morgan fingerprint density at radius 2 is 1.86 bits per heavy atom. The topological polar surface area (TPSA) is 110 Å². The Hall–Kier alpha value is -2.35. The number of rotatable bonds is 6. The molecule has 1 aromatic carbocycles. The molecule has 0 aliphatic heterocycles. The Balaban J connectivity index is 2.91. The number of aliphatic carboxylic acids is 1. The summed E-state index contributed by atoms with van der Waals surface area (Å²) in [5.41, 5.74) is 0.128. The van der Waals surface area contributed by atoms with Crippen molar-refractivity contribution in [3.8, 4) is 5.75 Å². The minimum Gasteiger partial charge on any atom is -0.481 e. The van der Waals surface area contributed by atoms with Gasteiger partial charge in [0.2, 0.25) is 11.0 Å². The van der Waals surface area contributed by atoms with Crippen molar-refractivity contribution >= 4 is 34.7 Å². The maximum Gasteiger partial charge on any atom is 0.308 e. The Morgan fingerprint density at radius 1 is 1.23 bits per heavy atom. The summed E-state index contributed by atoms with van der Waals surface area (Å²) in [6, 6.07) is 6.10. The molecule has 7 nitrogen and oxygen atoms in total. The van der Waals surface area contributed by atoms with E-state index in [0.29, 0.717) is 11.8 Å². The van der Waals surface area contributed by atoms with Crippen molar-refractivity contribution in [3.63, 3.8) is 0 Å². The fourth-order valence-corrected chi connectivity index (χ4v) is 2.58. The molecule has 8 heteroatoms. The highest BCUT2D eigenvalue weighted by molar-refractivity contribution is 8.14. The SMILES string of the molecule is CC(=O)N[C@H](CC(=O)O)SC(=O)c1ccccc1OC(C)=O. The van der Waals surface area contributed by atoms with Crippen molar-refractivity contribution in [2.45, 2.75) is 25.6 Å². The molecule has 22 heavy (non-hydrogen) atoms. The van der Waals surface area contributed by atoms with Gasteiger partial charge in [-0.1, -0.05) is 23.9 Å². The lowest BCUT2D eigenvalue weighted by Crippen LogP contribution is -2.33. The molecule has 0 aliphatic rings. The van der Waals surface area contributed by atoms with Crippen molar-refractivity contribution in [2.24, 2.45) is 0 Å². The molecule has 0 fully saturated rings. The molecule has 0 heterocycles. The summed E-state index contributed by atoms with van der Waals surface area (Å²) in [7, 11) is 0. The number of carbonyl (C=O) groups is 4. The third-order valence-electron chi connectivity index (χ3n) is 2.33. The number of amides is 1. The molecule has 118 valence electrons. The molecule has 1 atom stereocenters. The van der Waals surface area contributed by atoms with Crippen molar-refractivity contribution < 1.29 is 29.0 Å². The highest BCUT2D eigenvalue weighted by atomic mass is 32.2. The Morgan fingerprint density at radius 3 is 2.41 bits per heavy atom.